The summed E-state index contributed by atoms with van der Waals surface area (Å²) in [5.74, 6) is -2.40. The maximum Gasteiger partial charge on any atom is 0.434 e. The minimum Gasteiger partial charge on any atom is -0.490 e. The van der Waals surface area contributed by atoms with E-state index in [1.54, 1.807) is 25.3 Å². The van der Waals surface area contributed by atoms with Crippen molar-refractivity contribution in [3.05, 3.63) is 60.1 Å². The van der Waals surface area contributed by atoms with E-state index in [4.69, 9.17) is 9.47 Å². The summed E-state index contributed by atoms with van der Waals surface area (Å²) in [6, 6.07) is 5.43. The maximum atomic E-state index is 14.8. The van der Waals surface area contributed by atoms with Crippen LogP contribution in [-0.2, 0) is 15.7 Å². The Balaban J connectivity index is 1.09. The van der Waals surface area contributed by atoms with Crippen LogP contribution in [0.25, 0.3) is 22.3 Å². The molecule has 4 fully saturated rings. The van der Waals surface area contributed by atoms with Crippen LogP contribution in [0.15, 0.2) is 43.0 Å². The van der Waals surface area contributed by atoms with Crippen LogP contribution in [0.2, 0.25) is 0 Å². The number of carboxylic acid groups (broad SMARTS) is 1. The lowest BCUT2D eigenvalue weighted by molar-refractivity contribution is -0.155. The topological polar surface area (TPSA) is 145 Å². The largest absolute Gasteiger partial charge is 0.490 e. The first kappa shape index (κ1) is 38.0. The molecule has 2 saturated heterocycles. The number of hydrogen-bond donors (Lipinski definition) is 2. The molecule has 2 aliphatic carbocycles. The van der Waals surface area contributed by atoms with Gasteiger partial charge in [-0.1, -0.05) is 13.8 Å². The van der Waals surface area contributed by atoms with Gasteiger partial charge in [0.2, 0.25) is 5.95 Å². The summed E-state index contributed by atoms with van der Waals surface area (Å²) in [6.45, 7) is 6.09. The molecule has 0 radical (unpaired) electrons. The normalized spacial score (nSPS) is 26.3. The van der Waals surface area contributed by atoms with E-state index >= 15 is 0 Å². The first-order valence-corrected chi connectivity index (χ1v) is 19.4. The van der Waals surface area contributed by atoms with Crippen LogP contribution in [0.3, 0.4) is 0 Å². The predicted octanol–water partition coefficient (Wildman–Crippen LogP) is 7.09. The molecule has 2 saturated carbocycles. The van der Waals surface area contributed by atoms with Gasteiger partial charge in [-0.15, -0.1) is 0 Å². The van der Waals surface area contributed by atoms with Gasteiger partial charge in [0.25, 0.3) is 5.91 Å². The monoisotopic (exact) mass is 779 g/mol. The third kappa shape index (κ3) is 7.16. The molecule has 5 atom stereocenters. The highest BCUT2D eigenvalue weighted by molar-refractivity contribution is 6.00. The van der Waals surface area contributed by atoms with Gasteiger partial charge in [-0.25, -0.2) is 29.1 Å². The molecule has 298 valence electrons. The fourth-order valence-electron chi connectivity index (χ4n) is 9.79. The van der Waals surface area contributed by atoms with Crippen molar-refractivity contribution >= 4 is 28.7 Å². The highest BCUT2D eigenvalue weighted by Gasteiger charge is 2.57. The van der Waals surface area contributed by atoms with E-state index in [-0.39, 0.29) is 23.9 Å². The Hall–Kier alpha value is -4.86. The van der Waals surface area contributed by atoms with Gasteiger partial charge in [-0.3, -0.25) is 4.79 Å². The average Bonchev–Trinajstić information content (AvgIpc) is 3.55. The van der Waals surface area contributed by atoms with E-state index in [0.29, 0.717) is 99.8 Å². The zero-order valence-corrected chi connectivity index (χ0v) is 31.3. The van der Waals surface area contributed by atoms with E-state index < -0.39 is 52.5 Å². The molecular weight excluding hydrogens is 734 g/mol. The Labute approximate surface area is 321 Å². The minimum absolute atomic E-state index is 0.00636. The minimum atomic E-state index is -5.04. The molecule has 2 bridgehead atoms. The van der Waals surface area contributed by atoms with E-state index in [0.717, 1.165) is 30.5 Å². The first-order chi connectivity index (χ1) is 26.8. The number of carbonyl (C=O) groups excluding carboxylic acids is 1. The van der Waals surface area contributed by atoms with Gasteiger partial charge in [0.15, 0.2) is 17.3 Å². The van der Waals surface area contributed by atoms with Crippen molar-refractivity contribution in [3.8, 4) is 17.1 Å². The summed E-state index contributed by atoms with van der Waals surface area (Å²) >= 11 is 0. The molecule has 4 aliphatic rings. The van der Waals surface area contributed by atoms with Crippen molar-refractivity contribution in [1.29, 1.82) is 0 Å². The van der Waals surface area contributed by atoms with Gasteiger partial charge < -0.3 is 29.4 Å². The molecular formula is C40H45F4N7O5. The lowest BCUT2D eigenvalue weighted by Crippen LogP contribution is -2.66. The molecule has 2 aliphatic heterocycles. The highest BCUT2D eigenvalue weighted by Crippen LogP contribution is 2.50. The molecule has 1 amide bonds. The molecule has 16 heteroatoms. The fraction of sp³-hybridized carbons (Fsp3) is 0.550. The molecule has 2 N–H and O–H groups in total. The molecule has 5 heterocycles. The molecule has 56 heavy (non-hydrogen) atoms. The number of anilines is 1. The van der Waals surface area contributed by atoms with Crippen molar-refractivity contribution in [3.63, 3.8) is 0 Å². The van der Waals surface area contributed by atoms with Crippen molar-refractivity contribution in [2.24, 2.45) is 23.7 Å². The zero-order chi connectivity index (χ0) is 39.4. The summed E-state index contributed by atoms with van der Waals surface area (Å²) in [5.41, 5.74) is -2.87. The quantitative estimate of drug-likeness (QED) is 0.178. The molecule has 1 aromatic carbocycles. The van der Waals surface area contributed by atoms with Gasteiger partial charge in [-0.05, 0) is 74.3 Å². The van der Waals surface area contributed by atoms with Crippen LogP contribution in [0, 0.1) is 29.5 Å². The second kappa shape index (κ2) is 14.9. The van der Waals surface area contributed by atoms with Crippen molar-refractivity contribution in [2.45, 2.75) is 89.1 Å². The molecule has 0 spiro atoms. The van der Waals surface area contributed by atoms with Gasteiger partial charge >= 0.3 is 12.1 Å². The third-order valence-electron chi connectivity index (χ3n) is 12.4. The lowest BCUT2D eigenvalue weighted by atomic mass is 9.56. The van der Waals surface area contributed by atoms with E-state index in [2.05, 4.69) is 25.3 Å². The van der Waals surface area contributed by atoms with Gasteiger partial charge in [0.05, 0.1) is 23.5 Å². The number of nitrogens with zero attached hydrogens (tertiary/aromatic N) is 6. The number of halogens is 4. The van der Waals surface area contributed by atoms with E-state index in [1.807, 2.05) is 22.5 Å². The highest BCUT2D eigenvalue weighted by atomic mass is 19.4. The van der Waals surface area contributed by atoms with E-state index in [1.165, 1.54) is 0 Å². The number of amides is 1. The summed E-state index contributed by atoms with van der Waals surface area (Å²) in [7, 11) is 0. The third-order valence-corrected chi connectivity index (χ3v) is 12.4. The fourth-order valence-corrected chi connectivity index (χ4v) is 9.79. The number of aromatic nitrogens is 5. The standard InChI is InChI=1S/C40H45F4N7O5/c1-22-13-24-15-23(2)39(37(53)54,25(14-22)16-24)49-36(52)31-20-45-35(48-34(31)40(42,43)44)32-21-51(27-7-11-55-12-8-27)33-17-29(3-4-30(32)33)56-28-5-9-50(10-6-28)38-46-18-26(41)19-47-38/h3-4,17-25,27-28H,5-16H2,1-2H3,(H,49,52)(H,53,54). The van der Waals surface area contributed by atoms with Crippen molar-refractivity contribution < 1.29 is 41.7 Å². The average molecular weight is 780 g/mol. The first-order valence-electron chi connectivity index (χ1n) is 19.4. The van der Waals surface area contributed by atoms with Crippen LogP contribution in [0.1, 0.15) is 87.3 Å². The van der Waals surface area contributed by atoms with Crippen molar-refractivity contribution in [2.75, 3.05) is 31.2 Å². The van der Waals surface area contributed by atoms with E-state index in [9.17, 15) is 32.3 Å². The molecule has 12 nitrogen and oxygen atoms in total. The zero-order valence-electron chi connectivity index (χ0n) is 31.3. The van der Waals surface area contributed by atoms with Crippen LogP contribution < -0.4 is 15.0 Å². The maximum absolute atomic E-state index is 14.8. The molecule has 3 aromatic heterocycles. The number of aliphatic carboxylic acids is 1. The Bertz CT molecular complexity index is 2090. The Morgan fingerprint density at radius 1 is 0.982 bits per heavy atom. The second-order valence-electron chi connectivity index (χ2n) is 16.1. The molecule has 5 unspecified atom stereocenters. The second-order valence-corrected chi connectivity index (χ2v) is 16.1. The smallest absolute Gasteiger partial charge is 0.434 e. The van der Waals surface area contributed by atoms with Gasteiger partial charge in [0.1, 0.15) is 17.4 Å². The number of fused-ring (bicyclic) bond motifs is 3. The van der Waals surface area contributed by atoms with Crippen molar-refractivity contribution in [1.82, 2.24) is 29.8 Å². The van der Waals surface area contributed by atoms with Crippen LogP contribution in [-0.4, -0.2) is 79.4 Å². The number of ether oxygens (including phenoxy) is 2. The SMILES string of the molecule is CC1CC2CC(C)C(NC(=O)c3cnc(-c4cn(C5CCOCC5)c5cc(OC6CCN(c7ncc(F)cn7)CC6)ccc45)nc3C(F)(F)F)(C(=O)O)C(C1)C2. The van der Waals surface area contributed by atoms with Gasteiger partial charge in [0, 0.05) is 74.6 Å². The number of carboxylic acids is 1. The van der Waals surface area contributed by atoms with Crippen LogP contribution >= 0.6 is 0 Å². The number of carbonyl (C=O) groups is 2. The number of alkyl halides is 3. The summed E-state index contributed by atoms with van der Waals surface area (Å²) < 4.78 is 71.9. The summed E-state index contributed by atoms with van der Waals surface area (Å²) in [5, 5.41) is 13.8. The number of rotatable bonds is 8. The van der Waals surface area contributed by atoms with Crippen LogP contribution in [0.4, 0.5) is 23.5 Å². The molecule has 4 aromatic rings. The number of nitrogens with one attached hydrogen (secondary N) is 1. The molecule has 8 rings (SSSR count). The lowest BCUT2D eigenvalue weighted by Gasteiger charge is -2.52. The number of piperidine rings is 1. The predicted molar refractivity (Wildman–Crippen MR) is 197 cm³/mol. The Morgan fingerprint density at radius 2 is 1.71 bits per heavy atom. The number of hydrogen-bond acceptors (Lipinski definition) is 9. The van der Waals surface area contributed by atoms with Crippen LogP contribution in [0.5, 0.6) is 5.75 Å². The van der Waals surface area contributed by atoms with Gasteiger partial charge in [-0.2, -0.15) is 13.2 Å². The Kier molecular flexibility index (Phi) is 10.1. The summed E-state index contributed by atoms with van der Waals surface area (Å²) in [4.78, 5) is 45.3. The summed E-state index contributed by atoms with van der Waals surface area (Å²) in [6.07, 6.45) is 5.15. The Morgan fingerprint density at radius 3 is 2.41 bits per heavy atom. The number of benzene rings is 1.